The van der Waals surface area contributed by atoms with Gasteiger partial charge in [0.1, 0.15) is 0 Å². The summed E-state index contributed by atoms with van der Waals surface area (Å²) in [6.07, 6.45) is 4.07. The summed E-state index contributed by atoms with van der Waals surface area (Å²) in [6.45, 7) is 2.25. The van der Waals surface area contributed by atoms with Crippen molar-refractivity contribution in [2.24, 2.45) is 0 Å². The number of piperidine rings is 1. The monoisotopic (exact) mass is 277 g/mol. The third-order valence-corrected chi connectivity index (χ3v) is 1.13. The van der Waals surface area contributed by atoms with Gasteiger partial charge >= 0.3 is 0 Å². The van der Waals surface area contributed by atoms with Crippen LogP contribution in [-0.4, -0.2) is 13.1 Å². The van der Waals surface area contributed by atoms with Crippen molar-refractivity contribution in [2.75, 3.05) is 13.1 Å². The standard InChI is InChI=1S/C5H10N.Ir/c1-2-4-6-5-3-1;/h1-5H2;/q-1;. The summed E-state index contributed by atoms with van der Waals surface area (Å²) in [4.78, 5) is 0. The van der Waals surface area contributed by atoms with Gasteiger partial charge in [0.15, 0.2) is 0 Å². The van der Waals surface area contributed by atoms with Gasteiger partial charge in [-0.3, -0.25) is 0 Å². The minimum Gasteiger partial charge on any atom is -0.662 e. The molecule has 2 heteroatoms. The number of hydrogen-bond acceptors (Lipinski definition) is 0. The van der Waals surface area contributed by atoms with E-state index in [9.17, 15) is 0 Å². The Kier molecular flexibility index (Phi) is 5.18. The second-order valence-corrected chi connectivity index (χ2v) is 1.73. The van der Waals surface area contributed by atoms with E-state index in [1.807, 2.05) is 0 Å². The summed E-state index contributed by atoms with van der Waals surface area (Å²) in [7, 11) is 0. The van der Waals surface area contributed by atoms with E-state index >= 15 is 0 Å². The molecule has 1 rings (SSSR count). The van der Waals surface area contributed by atoms with Crippen LogP contribution in [0.25, 0.3) is 5.32 Å². The molecule has 1 aliphatic heterocycles. The van der Waals surface area contributed by atoms with Gasteiger partial charge in [0, 0.05) is 20.1 Å². The molecule has 0 unspecified atom stereocenters. The van der Waals surface area contributed by atoms with Gasteiger partial charge in [-0.15, -0.1) is 13.1 Å². The Labute approximate surface area is 58.2 Å². The van der Waals surface area contributed by atoms with Crippen LogP contribution in [0.4, 0.5) is 0 Å². The predicted octanol–water partition coefficient (Wildman–Crippen LogP) is 1.54. The van der Waals surface area contributed by atoms with Crippen molar-refractivity contribution in [3.63, 3.8) is 0 Å². The van der Waals surface area contributed by atoms with Crippen molar-refractivity contribution in [3.8, 4) is 0 Å². The van der Waals surface area contributed by atoms with E-state index in [-0.39, 0.29) is 20.1 Å². The van der Waals surface area contributed by atoms with E-state index in [0.717, 1.165) is 13.1 Å². The van der Waals surface area contributed by atoms with Crippen LogP contribution in [0, 0.1) is 0 Å². The van der Waals surface area contributed by atoms with Gasteiger partial charge in [-0.2, -0.15) is 0 Å². The third-order valence-electron chi connectivity index (χ3n) is 1.13. The zero-order valence-electron chi connectivity index (χ0n) is 4.32. The Morgan fingerprint density at radius 3 is 1.57 bits per heavy atom. The summed E-state index contributed by atoms with van der Waals surface area (Å²) in [6, 6.07) is 0. The maximum atomic E-state index is 4.18. The molecule has 0 atom stereocenters. The fourth-order valence-corrected chi connectivity index (χ4v) is 0.736. The predicted molar refractivity (Wildman–Crippen MR) is 26.9 cm³/mol. The quantitative estimate of drug-likeness (QED) is 0.637. The van der Waals surface area contributed by atoms with Crippen LogP contribution >= 0.6 is 0 Å². The fourth-order valence-electron chi connectivity index (χ4n) is 0.736. The SMILES string of the molecule is C1CC[N-]CC1.[Ir]. The largest absolute Gasteiger partial charge is 0.662 e. The Bertz CT molecular complexity index is 23.6. The molecule has 0 spiro atoms. The first-order valence-electron chi connectivity index (χ1n) is 2.63. The topological polar surface area (TPSA) is 14.1 Å². The van der Waals surface area contributed by atoms with E-state index in [0.29, 0.717) is 0 Å². The van der Waals surface area contributed by atoms with E-state index < -0.39 is 0 Å². The second kappa shape index (κ2) is 4.76. The van der Waals surface area contributed by atoms with Gasteiger partial charge in [0.05, 0.1) is 0 Å². The first-order valence-corrected chi connectivity index (χ1v) is 2.63. The molecule has 1 nitrogen and oxygen atoms in total. The molecule has 0 aromatic heterocycles. The van der Waals surface area contributed by atoms with Crippen molar-refractivity contribution < 1.29 is 20.1 Å². The minimum absolute atomic E-state index is 0. The summed E-state index contributed by atoms with van der Waals surface area (Å²) < 4.78 is 0. The normalized spacial score (nSPS) is 20.6. The average Bonchev–Trinajstić information content (AvgIpc) is 1.72. The van der Waals surface area contributed by atoms with Crippen LogP contribution in [0.2, 0.25) is 0 Å². The van der Waals surface area contributed by atoms with Crippen molar-refractivity contribution in [3.05, 3.63) is 5.32 Å². The third kappa shape index (κ3) is 3.21. The number of rotatable bonds is 0. The summed E-state index contributed by atoms with van der Waals surface area (Å²) in [5, 5.41) is 4.18. The van der Waals surface area contributed by atoms with E-state index in [1.54, 1.807) is 0 Å². The summed E-state index contributed by atoms with van der Waals surface area (Å²) >= 11 is 0. The molecule has 45 valence electrons. The molecule has 1 saturated heterocycles. The molecule has 0 saturated carbocycles. The molecular formula is C5H10IrN-. The number of nitrogens with zero attached hydrogens (tertiary/aromatic N) is 1. The molecule has 1 fully saturated rings. The molecule has 1 aliphatic rings. The van der Waals surface area contributed by atoms with Gasteiger partial charge in [-0.25, -0.2) is 0 Å². The Morgan fingerprint density at radius 1 is 0.857 bits per heavy atom. The zero-order chi connectivity index (χ0) is 4.24. The van der Waals surface area contributed by atoms with E-state index in [2.05, 4.69) is 5.32 Å². The minimum atomic E-state index is 0. The molecule has 0 amide bonds. The Morgan fingerprint density at radius 2 is 1.43 bits per heavy atom. The van der Waals surface area contributed by atoms with Crippen LogP contribution in [0.15, 0.2) is 0 Å². The fraction of sp³-hybridized carbons (Fsp3) is 1.00. The van der Waals surface area contributed by atoms with Crippen LogP contribution in [-0.2, 0) is 20.1 Å². The second-order valence-electron chi connectivity index (χ2n) is 1.73. The molecule has 0 aliphatic carbocycles. The van der Waals surface area contributed by atoms with E-state index in [1.165, 1.54) is 19.3 Å². The molecule has 0 bridgehead atoms. The Hall–Kier alpha value is 0.609. The summed E-state index contributed by atoms with van der Waals surface area (Å²) in [5.74, 6) is 0. The molecular weight excluding hydrogens is 266 g/mol. The van der Waals surface area contributed by atoms with Crippen molar-refractivity contribution in [2.45, 2.75) is 19.3 Å². The molecule has 0 aromatic carbocycles. The van der Waals surface area contributed by atoms with Gasteiger partial charge in [-0.1, -0.05) is 19.3 Å². The molecule has 0 aromatic rings. The van der Waals surface area contributed by atoms with Crippen molar-refractivity contribution in [1.29, 1.82) is 0 Å². The number of hydrogen-bond donors (Lipinski definition) is 0. The van der Waals surface area contributed by atoms with Crippen LogP contribution in [0.3, 0.4) is 0 Å². The molecule has 1 heterocycles. The zero-order valence-corrected chi connectivity index (χ0v) is 6.71. The first kappa shape index (κ1) is 7.61. The van der Waals surface area contributed by atoms with Crippen LogP contribution in [0.1, 0.15) is 19.3 Å². The molecule has 0 N–H and O–H groups in total. The molecule has 1 radical (unpaired) electrons. The Balaban J connectivity index is 0.000000360. The van der Waals surface area contributed by atoms with Crippen LogP contribution < -0.4 is 0 Å². The van der Waals surface area contributed by atoms with E-state index in [4.69, 9.17) is 0 Å². The van der Waals surface area contributed by atoms with Gasteiger partial charge < -0.3 is 5.32 Å². The van der Waals surface area contributed by atoms with Gasteiger partial charge in [0.25, 0.3) is 0 Å². The molecule has 7 heavy (non-hydrogen) atoms. The van der Waals surface area contributed by atoms with Crippen molar-refractivity contribution >= 4 is 0 Å². The van der Waals surface area contributed by atoms with Crippen LogP contribution in [0.5, 0.6) is 0 Å². The maximum absolute atomic E-state index is 4.18. The smallest absolute Gasteiger partial charge is 0 e. The maximum Gasteiger partial charge on any atom is 0 e. The average molecular weight is 276 g/mol. The summed E-state index contributed by atoms with van der Waals surface area (Å²) in [5.41, 5.74) is 0. The van der Waals surface area contributed by atoms with Gasteiger partial charge in [-0.05, 0) is 0 Å². The van der Waals surface area contributed by atoms with Gasteiger partial charge in [0.2, 0.25) is 0 Å². The first-order chi connectivity index (χ1) is 3.00. The van der Waals surface area contributed by atoms with Crippen molar-refractivity contribution in [1.82, 2.24) is 0 Å².